The van der Waals surface area contributed by atoms with E-state index in [0.29, 0.717) is 40.3 Å². The number of aromatic nitrogens is 1. The van der Waals surface area contributed by atoms with E-state index in [9.17, 15) is 14.7 Å². The van der Waals surface area contributed by atoms with Crippen molar-refractivity contribution in [1.29, 1.82) is 0 Å². The molecule has 1 saturated heterocycles. The second-order valence-corrected chi connectivity index (χ2v) is 7.80. The van der Waals surface area contributed by atoms with Gasteiger partial charge in [-0.1, -0.05) is 36.2 Å². The summed E-state index contributed by atoms with van der Waals surface area (Å²) < 4.78 is 0. The Balaban J connectivity index is 1.75. The second-order valence-electron chi connectivity index (χ2n) is 6.13. The van der Waals surface area contributed by atoms with E-state index in [2.05, 4.69) is 4.98 Å². The number of rotatable bonds is 3. The van der Waals surface area contributed by atoms with Crippen molar-refractivity contribution < 1.29 is 14.7 Å². The van der Waals surface area contributed by atoms with Gasteiger partial charge in [-0.05, 0) is 24.5 Å². The van der Waals surface area contributed by atoms with Gasteiger partial charge < -0.3 is 10.0 Å². The van der Waals surface area contributed by atoms with Crippen LogP contribution in [0.1, 0.15) is 23.8 Å². The number of piperidine rings is 1. The molecule has 0 radical (unpaired) electrons. The van der Waals surface area contributed by atoms with E-state index in [4.69, 9.17) is 23.2 Å². The summed E-state index contributed by atoms with van der Waals surface area (Å²) in [4.78, 5) is 29.9. The number of carbonyl (C=O) groups is 2. The van der Waals surface area contributed by atoms with Crippen LogP contribution in [0.3, 0.4) is 0 Å². The molecule has 2 heterocycles. The highest BCUT2D eigenvalue weighted by atomic mass is 35.5. The van der Waals surface area contributed by atoms with Gasteiger partial charge in [-0.15, -0.1) is 11.3 Å². The first kappa shape index (κ1) is 18.2. The van der Waals surface area contributed by atoms with Gasteiger partial charge in [0.2, 0.25) is 0 Å². The second kappa shape index (κ2) is 7.32. The molecule has 5 nitrogen and oxygen atoms in total. The van der Waals surface area contributed by atoms with Crippen molar-refractivity contribution in [2.75, 3.05) is 13.1 Å². The molecule has 1 fully saturated rings. The van der Waals surface area contributed by atoms with Crippen LogP contribution in [0.15, 0.2) is 23.6 Å². The molecule has 2 atom stereocenters. The van der Waals surface area contributed by atoms with Crippen molar-refractivity contribution in [3.8, 4) is 10.6 Å². The zero-order valence-corrected chi connectivity index (χ0v) is 15.7. The third kappa shape index (κ3) is 3.81. The largest absolute Gasteiger partial charge is 0.481 e. The molecule has 1 aromatic heterocycles. The van der Waals surface area contributed by atoms with Gasteiger partial charge in [-0.25, -0.2) is 4.98 Å². The van der Waals surface area contributed by atoms with Crippen molar-refractivity contribution in [3.63, 3.8) is 0 Å². The average molecular weight is 399 g/mol. The number of carbonyl (C=O) groups excluding carboxylic acids is 1. The maximum atomic E-state index is 12.7. The Hall–Kier alpha value is -1.63. The fourth-order valence-electron chi connectivity index (χ4n) is 2.99. The molecular weight excluding hydrogens is 383 g/mol. The first-order chi connectivity index (χ1) is 11.9. The van der Waals surface area contributed by atoms with Gasteiger partial charge in [0.1, 0.15) is 10.7 Å². The lowest BCUT2D eigenvalue weighted by Crippen LogP contribution is -2.45. The molecule has 2 unspecified atom stereocenters. The maximum absolute atomic E-state index is 12.7. The van der Waals surface area contributed by atoms with E-state index in [1.54, 1.807) is 22.4 Å². The molecule has 1 aliphatic heterocycles. The van der Waals surface area contributed by atoms with Crippen LogP contribution in [0.5, 0.6) is 0 Å². The Labute approximate surface area is 159 Å². The molecule has 25 heavy (non-hydrogen) atoms. The topological polar surface area (TPSA) is 70.5 Å². The van der Waals surface area contributed by atoms with Crippen LogP contribution < -0.4 is 0 Å². The molecule has 1 aromatic carbocycles. The normalized spacial score (nSPS) is 20.5. The number of benzene rings is 1. The summed E-state index contributed by atoms with van der Waals surface area (Å²) in [5.74, 6) is -1.44. The summed E-state index contributed by atoms with van der Waals surface area (Å²) >= 11 is 13.3. The lowest BCUT2D eigenvalue weighted by Gasteiger charge is -2.34. The summed E-state index contributed by atoms with van der Waals surface area (Å²) in [5, 5.41) is 12.5. The third-order valence-electron chi connectivity index (χ3n) is 4.40. The fraction of sp³-hybridized carbons (Fsp3) is 0.353. The molecule has 0 saturated carbocycles. The quantitative estimate of drug-likeness (QED) is 0.836. The average Bonchev–Trinajstić information content (AvgIpc) is 3.06. The van der Waals surface area contributed by atoms with E-state index >= 15 is 0 Å². The first-order valence-electron chi connectivity index (χ1n) is 7.80. The molecule has 1 amide bonds. The number of carboxylic acid groups (broad SMARTS) is 1. The van der Waals surface area contributed by atoms with Crippen LogP contribution in [0.25, 0.3) is 10.6 Å². The van der Waals surface area contributed by atoms with Gasteiger partial charge in [0.25, 0.3) is 5.91 Å². The van der Waals surface area contributed by atoms with E-state index < -0.39 is 11.9 Å². The number of nitrogens with zero attached hydrogens (tertiary/aromatic N) is 2. The summed E-state index contributed by atoms with van der Waals surface area (Å²) in [6, 6.07) is 5.22. The van der Waals surface area contributed by atoms with Gasteiger partial charge in [-0.3, -0.25) is 9.59 Å². The van der Waals surface area contributed by atoms with Crippen LogP contribution in [-0.2, 0) is 4.79 Å². The van der Waals surface area contributed by atoms with Crippen LogP contribution in [-0.4, -0.2) is 40.0 Å². The van der Waals surface area contributed by atoms with Crippen molar-refractivity contribution in [3.05, 3.63) is 39.3 Å². The van der Waals surface area contributed by atoms with Crippen LogP contribution in [0.4, 0.5) is 0 Å². The molecule has 1 N–H and O–H groups in total. The van der Waals surface area contributed by atoms with Crippen LogP contribution >= 0.6 is 34.5 Å². The summed E-state index contributed by atoms with van der Waals surface area (Å²) in [7, 11) is 0. The number of likely N-dealkylation sites (tertiary alicyclic amines) is 1. The zero-order chi connectivity index (χ0) is 18.1. The number of halogens is 2. The predicted molar refractivity (Wildman–Crippen MR) is 98.4 cm³/mol. The summed E-state index contributed by atoms with van der Waals surface area (Å²) in [6.07, 6.45) is 0.464. The number of hydrogen-bond donors (Lipinski definition) is 1. The molecule has 0 spiro atoms. The highest BCUT2D eigenvalue weighted by molar-refractivity contribution is 7.13. The Morgan fingerprint density at radius 1 is 1.32 bits per heavy atom. The van der Waals surface area contributed by atoms with Crippen LogP contribution in [0, 0.1) is 11.8 Å². The van der Waals surface area contributed by atoms with Gasteiger partial charge >= 0.3 is 5.97 Å². The van der Waals surface area contributed by atoms with E-state index in [1.165, 1.54) is 11.3 Å². The standard InChI is InChI=1S/C17H16Cl2N2O3S/c1-9-7-21(5-4-11(9)17(23)24)16(22)14-8-25-15(20-14)10-2-3-12(18)13(19)6-10/h2-3,6,8-9,11H,4-5,7H2,1H3,(H,23,24). The molecular formula is C17H16Cl2N2O3S. The van der Waals surface area contributed by atoms with Gasteiger partial charge in [0.15, 0.2) is 0 Å². The molecule has 8 heteroatoms. The monoisotopic (exact) mass is 398 g/mol. The number of hydrogen-bond acceptors (Lipinski definition) is 4. The minimum atomic E-state index is -0.796. The first-order valence-corrected chi connectivity index (χ1v) is 9.43. The van der Waals surface area contributed by atoms with Crippen LogP contribution in [0.2, 0.25) is 10.0 Å². The van der Waals surface area contributed by atoms with E-state index in [0.717, 1.165) is 5.56 Å². The summed E-state index contributed by atoms with van der Waals surface area (Å²) in [5.41, 5.74) is 1.17. The molecule has 1 aliphatic rings. The van der Waals surface area contributed by atoms with Crippen molar-refractivity contribution in [2.45, 2.75) is 13.3 Å². The third-order valence-corrected chi connectivity index (χ3v) is 6.03. The molecule has 0 bridgehead atoms. The van der Waals surface area contributed by atoms with Crippen molar-refractivity contribution in [2.24, 2.45) is 11.8 Å². The van der Waals surface area contributed by atoms with Crippen molar-refractivity contribution in [1.82, 2.24) is 9.88 Å². The van der Waals surface area contributed by atoms with Gasteiger partial charge in [0.05, 0.1) is 16.0 Å². The number of carboxylic acids is 1. The Morgan fingerprint density at radius 2 is 2.08 bits per heavy atom. The molecule has 3 rings (SSSR count). The smallest absolute Gasteiger partial charge is 0.306 e. The molecule has 0 aliphatic carbocycles. The zero-order valence-electron chi connectivity index (χ0n) is 13.4. The Morgan fingerprint density at radius 3 is 2.72 bits per heavy atom. The highest BCUT2D eigenvalue weighted by Gasteiger charge is 2.33. The molecule has 132 valence electrons. The summed E-state index contributed by atoms with van der Waals surface area (Å²) in [6.45, 7) is 2.72. The predicted octanol–water partition coefficient (Wildman–Crippen LogP) is 4.30. The number of amides is 1. The van der Waals surface area contributed by atoms with Gasteiger partial charge in [0, 0.05) is 24.0 Å². The lowest BCUT2D eigenvalue weighted by atomic mass is 9.87. The molecule has 2 aromatic rings. The Kier molecular flexibility index (Phi) is 5.32. The van der Waals surface area contributed by atoms with E-state index in [-0.39, 0.29) is 11.8 Å². The number of aliphatic carboxylic acids is 1. The Bertz CT molecular complexity index is 824. The van der Waals surface area contributed by atoms with Gasteiger partial charge in [-0.2, -0.15) is 0 Å². The fourth-order valence-corrected chi connectivity index (χ4v) is 4.08. The number of thiazole rings is 1. The maximum Gasteiger partial charge on any atom is 0.306 e. The SMILES string of the molecule is CC1CN(C(=O)c2csc(-c3ccc(Cl)c(Cl)c3)n2)CCC1C(=O)O. The van der Waals surface area contributed by atoms with Crippen molar-refractivity contribution >= 4 is 46.4 Å². The highest BCUT2D eigenvalue weighted by Crippen LogP contribution is 2.31. The minimum Gasteiger partial charge on any atom is -0.481 e. The van der Waals surface area contributed by atoms with E-state index in [1.807, 2.05) is 13.0 Å². The lowest BCUT2D eigenvalue weighted by molar-refractivity contribution is -0.145. The minimum absolute atomic E-state index is 0.0802.